The van der Waals surface area contributed by atoms with Crippen LogP contribution in [0.1, 0.15) is 26.9 Å². The number of aromatic amines is 1. The van der Waals surface area contributed by atoms with E-state index in [0.29, 0.717) is 43.6 Å². The summed E-state index contributed by atoms with van der Waals surface area (Å²) < 4.78 is 42.2. The Kier molecular flexibility index (Phi) is 3.95. The number of nitrogens with zero attached hydrogens (tertiary/aromatic N) is 1. The quantitative estimate of drug-likeness (QED) is 0.260. The molecule has 9 nitrogen and oxygen atoms in total. The molecule has 2 unspecified atom stereocenters. The standard InChI is InChI=1S/C26H17F2N3O6/c27-8-1-3-12-10(5-8)15-17-18(25(35)30-24(17)34)16-11-6-9(28)2-4-13(11)31(20(16)19(15)29-12)26-22(33)23-21(32)14(37-26)7-36-23/h1-6,14,21-23,26,29,32-33H,7H2,(H,30,34,35)/t14?,21-,22-,23?,26+/m1/s1. The van der Waals surface area contributed by atoms with Gasteiger partial charge in [0.1, 0.15) is 36.1 Å². The number of aliphatic hydroxyl groups excluding tert-OH is 2. The summed E-state index contributed by atoms with van der Waals surface area (Å²) in [6.07, 6.45) is -5.03. The third-order valence-corrected chi connectivity index (χ3v) is 7.76. The molecule has 4 N–H and O–H groups in total. The molecule has 3 aromatic carbocycles. The maximum atomic E-state index is 14.6. The Hall–Kier alpha value is -3.90. The summed E-state index contributed by atoms with van der Waals surface area (Å²) in [7, 11) is 0. The van der Waals surface area contributed by atoms with Gasteiger partial charge in [-0.1, -0.05) is 0 Å². The van der Waals surface area contributed by atoms with Crippen molar-refractivity contribution >= 4 is 55.4 Å². The lowest BCUT2D eigenvalue weighted by atomic mass is 9.96. The predicted octanol–water partition coefficient (Wildman–Crippen LogP) is 2.61. The predicted molar refractivity (Wildman–Crippen MR) is 126 cm³/mol. The van der Waals surface area contributed by atoms with Crippen LogP contribution in [0.5, 0.6) is 0 Å². The number of aromatic nitrogens is 2. The van der Waals surface area contributed by atoms with E-state index in [0.717, 1.165) is 0 Å². The summed E-state index contributed by atoms with van der Waals surface area (Å²) in [5.74, 6) is -2.39. The molecular formula is C26H17F2N3O6. The highest BCUT2D eigenvalue weighted by molar-refractivity contribution is 6.39. The number of rotatable bonds is 1. The van der Waals surface area contributed by atoms with Crippen LogP contribution in [0.2, 0.25) is 0 Å². The van der Waals surface area contributed by atoms with Crippen LogP contribution in [-0.2, 0) is 9.47 Å². The fourth-order valence-corrected chi connectivity index (χ4v) is 6.25. The Balaban J connectivity index is 1.61. The van der Waals surface area contributed by atoms with Crippen LogP contribution in [0.25, 0.3) is 43.6 Å². The van der Waals surface area contributed by atoms with Gasteiger partial charge in [0.2, 0.25) is 0 Å². The van der Waals surface area contributed by atoms with Gasteiger partial charge in [-0.05, 0) is 36.4 Å². The molecule has 0 saturated carbocycles. The maximum Gasteiger partial charge on any atom is 0.259 e. The number of aliphatic hydroxyl groups is 2. The summed E-state index contributed by atoms with van der Waals surface area (Å²) in [4.78, 5) is 29.4. The number of fused-ring (bicyclic) bond motifs is 12. The second-order valence-corrected chi connectivity index (χ2v) is 9.70. The van der Waals surface area contributed by atoms with Crippen LogP contribution in [0, 0.1) is 11.6 Å². The Morgan fingerprint density at radius 1 is 0.919 bits per heavy atom. The summed E-state index contributed by atoms with van der Waals surface area (Å²) in [5.41, 5.74) is 1.82. The summed E-state index contributed by atoms with van der Waals surface area (Å²) in [5, 5.41) is 25.3. The first-order chi connectivity index (χ1) is 17.8. The van der Waals surface area contributed by atoms with E-state index in [2.05, 4.69) is 10.3 Å². The zero-order chi connectivity index (χ0) is 25.3. The van der Waals surface area contributed by atoms with Gasteiger partial charge < -0.3 is 29.2 Å². The second-order valence-electron chi connectivity index (χ2n) is 9.70. The molecule has 2 saturated heterocycles. The van der Waals surface area contributed by atoms with Crippen LogP contribution < -0.4 is 5.32 Å². The molecule has 2 amide bonds. The van der Waals surface area contributed by atoms with Crippen molar-refractivity contribution in [3.63, 3.8) is 0 Å². The zero-order valence-electron chi connectivity index (χ0n) is 18.8. The van der Waals surface area contributed by atoms with E-state index in [1.165, 1.54) is 36.4 Å². The molecule has 0 spiro atoms. The number of amides is 2. The first kappa shape index (κ1) is 21.2. The van der Waals surface area contributed by atoms with Gasteiger partial charge in [-0.15, -0.1) is 0 Å². The van der Waals surface area contributed by atoms with Gasteiger partial charge in [0.25, 0.3) is 11.8 Å². The molecule has 2 aromatic heterocycles. The number of hydrogen-bond donors (Lipinski definition) is 4. The first-order valence-electron chi connectivity index (χ1n) is 11.7. The highest BCUT2D eigenvalue weighted by atomic mass is 19.1. The minimum atomic E-state index is -1.31. The normalized spacial score (nSPS) is 27.2. The number of hydrogen-bond acceptors (Lipinski definition) is 6. The lowest BCUT2D eigenvalue weighted by molar-refractivity contribution is -0.192. The molecular weight excluding hydrogens is 488 g/mol. The van der Waals surface area contributed by atoms with E-state index in [9.17, 15) is 28.6 Å². The highest BCUT2D eigenvalue weighted by Crippen LogP contribution is 2.47. The van der Waals surface area contributed by atoms with Crippen molar-refractivity contribution in [2.45, 2.75) is 30.6 Å². The number of benzene rings is 3. The zero-order valence-corrected chi connectivity index (χ0v) is 18.8. The van der Waals surface area contributed by atoms with E-state index in [4.69, 9.17) is 9.47 Å². The number of ether oxygens (including phenoxy) is 2. The summed E-state index contributed by atoms with van der Waals surface area (Å²) >= 11 is 0. The fourth-order valence-electron chi connectivity index (χ4n) is 6.25. The molecule has 186 valence electrons. The monoisotopic (exact) mass is 505 g/mol. The molecule has 8 rings (SSSR count). The van der Waals surface area contributed by atoms with Crippen LogP contribution in [0.3, 0.4) is 0 Å². The average molecular weight is 505 g/mol. The van der Waals surface area contributed by atoms with Crippen molar-refractivity contribution in [3.05, 3.63) is 59.2 Å². The van der Waals surface area contributed by atoms with E-state index < -0.39 is 54.1 Å². The third kappa shape index (κ3) is 2.54. The molecule has 5 heterocycles. The molecule has 0 radical (unpaired) electrons. The Morgan fingerprint density at radius 2 is 1.62 bits per heavy atom. The van der Waals surface area contributed by atoms with E-state index in [-0.39, 0.29) is 17.7 Å². The van der Waals surface area contributed by atoms with Crippen molar-refractivity contribution in [3.8, 4) is 0 Å². The number of halogens is 2. The van der Waals surface area contributed by atoms with Gasteiger partial charge in [0.15, 0.2) is 6.23 Å². The van der Waals surface area contributed by atoms with Gasteiger partial charge >= 0.3 is 0 Å². The molecule has 0 aliphatic carbocycles. The van der Waals surface area contributed by atoms with Crippen molar-refractivity contribution in [1.82, 2.24) is 14.9 Å². The molecule has 11 heteroatoms. The van der Waals surface area contributed by atoms with E-state index in [1.54, 1.807) is 4.57 Å². The van der Waals surface area contributed by atoms with Gasteiger partial charge in [-0.25, -0.2) is 8.78 Å². The minimum Gasteiger partial charge on any atom is -0.387 e. The Bertz CT molecular complexity index is 1880. The van der Waals surface area contributed by atoms with Crippen LogP contribution in [0.15, 0.2) is 36.4 Å². The van der Waals surface area contributed by atoms with Crippen molar-refractivity contribution in [1.29, 1.82) is 0 Å². The summed E-state index contributed by atoms with van der Waals surface area (Å²) in [6.45, 7) is 0.0819. The number of nitrogens with one attached hydrogen (secondary N) is 2. The van der Waals surface area contributed by atoms with Crippen molar-refractivity contribution in [2.75, 3.05) is 6.61 Å². The number of carbonyl (C=O) groups excluding carboxylic acids is 2. The van der Waals surface area contributed by atoms with E-state index >= 15 is 0 Å². The van der Waals surface area contributed by atoms with Gasteiger partial charge in [0.05, 0.1) is 34.3 Å². The van der Waals surface area contributed by atoms with Crippen LogP contribution >= 0.6 is 0 Å². The second kappa shape index (κ2) is 6.90. The van der Waals surface area contributed by atoms with Gasteiger partial charge in [-0.3, -0.25) is 14.9 Å². The molecule has 3 aliphatic rings. The number of imide groups is 1. The molecule has 5 atom stereocenters. The molecule has 2 bridgehead atoms. The topological polar surface area (TPSA) is 126 Å². The SMILES string of the molecule is O=C1NC(=O)c2c1c1c3cc(F)ccc3[nH]c1c1c2c2cc(F)ccc2n1[C@H]1OC2COC([C@@H]2O)[C@H]1O. The van der Waals surface area contributed by atoms with Crippen LogP contribution in [0.4, 0.5) is 8.78 Å². The molecule has 5 aromatic rings. The third-order valence-electron chi connectivity index (χ3n) is 7.76. The van der Waals surface area contributed by atoms with Crippen molar-refractivity contribution in [2.24, 2.45) is 0 Å². The lowest BCUT2D eigenvalue weighted by Crippen LogP contribution is -2.50. The molecule has 37 heavy (non-hydrogen) atoms. The Morgan fingerprint density at radius 3 is 2.41 bits per heavy atom. The average Bonchev–Trinajstić information content (AvgIpc) is 3.55. The van der Waals surface area contributed by atoms with Crippen LogP contribution in [-0.4, -0.2) is 62.6 Å². The van der Waals surface area contributed by atoms with Crippen molar-refractivity contribution < 1.29 is 38.1 Å². The van der Waals surface area contributed by atoms with E-state index in [1.807, 2.05) is 0 Å². The van der Waals surface area contributed by atoms with Gasteiger partial charge in [0, 0.05) is 27.1 Å². The lowest BCUT2D eigenvalue weighted by Gasteiger charge is -2.36. The first-order valence-corrected chi connectivity index (χ1v) is 11.7. The molecule has 3 aliphatic heterocycles. The number of H-pyrrole nitrogens is 1. The highest BCUT2D eigenvalue weighted by Gasteiger charge is 2.51. The number of carbonyl (C=O) groups is 2. The smallest absolute Gasteiger partial charge is 0.259 e. The minimum absolute atomic E-state index is 0.0385. The largest absolute Gasteiger partial charge is 0.387 e. The molecule has 2 fully saturated rings. The van der Waals surface area contributed by atoms with Gasteiger partial charge in [-0.2, -0.15) is 0 Å². The Labute approximate surface area is 205 Å². The fraction of sp³-hybridized carbons (Fsp3) is 0.231. The summed E-state index contributed by atoms with van der Waals surface area (Å²) in [6, 6.07) is 8.09. The maximum absolute atomic E-state index is 14.6.